The van der Waals surface area contributed by atoms with Gasteiger partial charge in [-0.3, -0.25) is 10.00 Å². The molecule has 2 unspecified atom stereocenters. The molecule has 4 rings (SSSR count). The van der Waals surface area contributed by atoms with Crippen molar-refractivity contribution in [2.75, 3.05) is 20.3 Å². The predicted molar refractivity (Wildman–Crippen MR) is 151 cm³/mol. The van der Waals surface area contributed by atoms with Gasteiger partial charge < -0.3 is 9.47 Å². The second kappa shape index (κ2) is 11.5. The van der Waals surface area contributed by atoms with E-state index in [-0.39, 0.29) is 17.7 Å². The van der Waals surface area contributed by atoms with Gasteiger partial charge in [-0.2, -0.15) is 5.10 Å². The van der Waals surface area contributed by atoms with Gasteiger partial charge in [0.05, 0.1) is 24.4 Å². The van der Waals surface area contributed by atoms with Crippen molar-refractivity contribution < 1.29 is 9.47 Å². The van der Waals surface area contributed by atoms with Gasteiger partial charge in [-0.25, -0.2) is 0 Å². The summed E-state index contributed by atoms with van der Waals surface area (Å²) >= 11 is 0. The maximum Gasteiger partial charge on any atom is 0.0877 e. The number of rotatable bonds is 10. The fourth-order valence-electron chi connectivity index (χ4n) is 6.54. The van der Waals surface area contributed by atoms with Gasteiger partial charge in [-0.05, 0) is 98.4 Å². The number of aromatic nitrogens is 2. The molecule has 0 saturated heterocycles. The van der Waals surface area contributed by atoms with Crippen molar-refractivity contribution in [1.29, 1.82) is 0 Å². The molecule has 0 radical (unpaired) electrons. The Morgan fingerprint density at radius 2 is 1.70 bits per heavy atom. The summed E-state index contributed by atoms with van der Waals surface area (Å²) < 4.78 is 12.1. The van der Waals surface area contributed by atoms with Crippen LogP contribution in [0, 0.1) is 13.8 Å². The molecule has 0 amide bonds. The van der Waals surface area contributed by atoms with Crippen molar-refractivity contribution in [2.45, 2.75) is 92.0 Å². The third kappa shape index (κ3) is 5.14. The lowest BCUT2D eigenvalue weighted by Crippen LogP contribution is -2.46. The van der Waals surface area contributed by atoms with Gasteiger partial charge >= 0.3 is 0 Å². The van der Waals surface area contributed by atoms with Gasteiger partial charge in [0.15, 0.2) is 0 Å². The first kappa shape index (κ1) is 27.6. The highest BCUT2D eigenvalue weighted by molar-refractivity contribution is 5.56. The Balaban J connectivity index is 1.97. The molecular formula is C32H45N3O2. The lowest BCUT2D eigenvalue weighted by molar-refractivity contribution is 0.0175. The molecule has 5 heteroatoms. The highest BCUT2D eigenvalue weighted by Gasteiger charge is 2.38. The molecule has 1 N–H and O–H groups in total. The van der Waals surface area contributed by atoms with Gasteiger partial charge in [-0.1, -0.05) is 38.1 Å². The first-order valence-electron chi connectivity index (χ1n) is 13.9. The van der Waals surface area contributed by atoms with Crippen LogP contribution in [0.4, 0.5) is 0 Å². The lowest BCUT2D eigenvalue weighted by Gasteiger charge is -2.44. The number of methoxy groups -OCH3 is 1. The predicted octanol–water partition coefficient (Wildman–Crippen LogP) is 6.59. The SMILES string of the molecule is CCOCC1Cc2ccccc2CN1C(c1cn[nH]c1)c1c(C)c(CC)c(C(C)(C)OC)c(CC)c1C. The van der Waals surface area contributed by atoms with E-state index in [0.29, 0.717) is 6.61 Å². The second-order valence-corrected chi connectivity index (χ2v) is 10.8. The molecule has 0 saturated carbocycles. The van der Waals surface area contributed by atoms with Crippen LogP contribution < -0.4 is 0 Å². The lowest BCUT2D eigenvalue weighted by atomic mass is 9.76. The molecule has 0 aliphatic carbocycles. The van der Waals surface area contributed by atoms with Crippen molar-refractivity contribution in [1.82, 2.24) is 15.1 Å². The first-order valence-corrected chi connectivity index (χ1v) is 13.9. The third-order valence-electron chi connectivity index (χ3n) is 8.49. The fourth-order valence-corrected chi connectivity index (χ4v) is 6.54. The number of hydrogen-bond donors (Lipinski definition) is 1. The maximum atomic E-state index is 6.07. The van der Waals surface area contributed by atoms with Gasteiger partial charge in [0.25, 0.3) is 0 Å². The van der Waals surface area contributed by atoms with E-state index in [2.05, 4.69) is 94.0 Å². The Kier molecular flexibility index (Phi) is 8.57. The summed E-state index contributed by atoms with van der Waals surface area (Å²) in [5.41, 5.74) is 12.0. The first-order chi connectivity index (χ1) is 17.8. The summed E-state index contributed by atoms with van der Waals surface area (Å²) in [6.07, 6.45) is 7.01. The number of fused-ring (bicyclic) bond motifs is 1. The zero-order valence-electron chi connectivity index (χ0n) is 24.1. The summed E-state index contributed by atoms with van der Waals surface area (Å²) in [6.45, 7) is 18.0. The molecule has 2 aromatic carbocycles. The minimum atomic E-state index is -0.350. The van der Waals surface area contributed by atoms with E-state index in [1.807, 2.05) is 13.3 Å². The van der Waals surface area contributed by atoms with Gasteiger partial charge in [0.1, 0.15) is 0 Å². The highest BCUT2D eigenvalue weighted by atomic mass is 16.5. The van der Waals surface area contributed by atoms with Crippen LogP contribution >= 0.6 is 0 Å². The molecule has 1 aliphatic heterocycles. The van der Waals surface area contributed by atoms with E-state index >= 15 is 0 Å². The van der Waals surface area contributed by atoms with Crippen LogP contribution in [-0.4, -0.2) is 41.5 Å². The van der Waals surface area contributed by atoms with Crippen molar-refractivity contribution in [3.63, 3.8) is 0 Å². The average molecular weight is 504 g/mol. The van der Waals surface area contributed by atoms with Crippen LogP contribution in [0.1, 0.15) is 90.7 Å². The van der Waals surface area contributed by atoms with E-state index in [1.165, 1.54) is 50.1 Å². The van der Waals surface area contributed by atoms with E-state index < -0.39 is 0 Å². The Morgan fingerprint density at radius 3 is 2.24 bits per heavy atom. The summed E-state index contributed by atoms with van der Waals surface area (Å²) in [7, 11) is 1.83. The molecular weight excluding hydrogens is 458 g/mol. The Labute approximate surface area is 223 Å². The largest absolute Gasteiger partial charge is 0.380 e. The molecule has 200 valence electrons. The van der Waals surface area contributed by atoms with Gasteiger partial charge in [-0.15, -0.1) is 0 Å². The standard InChI is InChI=1S/C32H45N3O2/c1-9-27-21(4)29(22(5)28(10-2)30(27)32(6,7)36-8)31(25-17-33-34-18-25)35-19-24-15-13-12-14-23(24)16-26(35)20-37-11-3/h12-15,17-18,26,31H,9-11,16,19-20H2,1-8H3,(H,33,34). The number of ether oxygens (including phenoxy) is 2. The molecule has 0 fully saturated rings. The van der Waals surface area contributed by atoms with Crippen LogP contribution in [0.5, 0.6) is 0 Å². The quantitative estimate of drug-likeness (QED) is 0.339. The molecule has 2 atom stereocenters. The number of benzene rings is 2. The molecule has 1 aliphatic rings. The van der Waals surface area contributed by atoms with Gasteiger partial charge in [0.2, 0.25) is 0 Å². The average Bonchev–Trinajstić information content (AvgIpc) is 3.43. The Hall–Kier alpha value is -2.47. The molecule has 5 nitrogen and oxygen atoms in total. The minimum absolute atomic E-state index is 0.0767. The summed E-state index contributed by atoms with van der Waals surface area (Å²) in [6, 6.07) is 9.23. The number of nitrogens with zero attached hydrogens (tertiary/aromatic N) is 2. The van der Waals surface area contributed by atoms with E-state index in [9.17, 15) is 0 Å². The van der Waals surface area contributed by atoms with E-state index in [0.717, 1.165) is 32.4 Å². The minimum Gasteiger partial charge on any atom is -0.380 e. The van der Waals surface area contributed by atoms with Crippen LogP contribution in [-0.2, 0) is 40.9 Å². The van der Waals surface area contributed by atoms with Crippen LogP contribution in [0.25, 0.3) is 0 Å². The molecule has 1 aromatic heterocycles. The fraction of sp³-hybridized carbons (Fsp3) is 0.531. The van der Waals surface area contributed by atoms with Crippen molar-refractivity contribution >= 4 is 0 Å². The maximum absolute atomic E-state index is 6.07. The third-order valence-corrected chi connectivity index (χ3v) is 8.49. The molecule has 3 aromatic rings. The number of hydrogen-bond acceptors (Lipinski definition) is 4. The van der Waals surface area contributed by atoms with Gasteiger partial charge in [0, 0.05) is 38.1 Å². The Morgan fingerprint density at radius 1 is 1.05 bits per heavy atom. The van der Waals surface area contributed by atoms with Crippen LogP contribution in [0.3, 0.4) is 0 Å². The summed E-state index contributed by atoms with van der Waals surface area (Å²) in [5, 5.41) is 7.52. The molecule has 0 spiro atoms. The topological polar surface area (TPSA) is 50.4 Å². The van der Waals surface area contributed by atoms with Crippen molar-refractivity contribution in [3.8, 4) is 0 Å². The highest BCUT2D eigenvalue weighted by Crippen LogP contribution is 2.44. The molecule has 2 heterocycles. The van der Waals surface area contributed by atoms with Crippen LogP contribution in [0.15, 0.2) is 36.7 Å². The monoisotopic (exact) mass is 503 g/mol. The summed E-state index contributed by atoms with van der Waals surface area (Å²) in [5.74, 6) is 0. The second-order valence-electron chi connectivity index (χ2n) is 10.8. The molecule has 0 bridgehead atoms. The number of aromatic amines is 1. The summed E-state index contributed by atoms with van der Waals surface area (Å²) in [4.78, 5) is 2.66. The zero-order valence-corrected chi connectivity index (χ0v) is 24.1. The molecule has 37 heavy (non-hydrogen) atoms. The number of nitrogens with one attached hydrogen (secondary N) is 1. The van der Waals surface area contributed by atoms with Crippen molar-refractivity contribution in [2.24, 2.45) is 0 Å². The Bertz CT molecular complexity index is 1170. The van der Waals surface area contributed by atoms with Crippen molar-refractivity contribution in [3.05, 3.63) is 86.7 Å². The normalized spacial score (nSPS) is 17.1. The zero-order chi connectivity index (χ0) is 26.7. The van der Waals surface area contributed by atoms with E-state index in [1.54, 1.807) is 0 Å². The smallest absolute Gasteiger partial charge is 0.0877 e. The van der Waals surface area contributed by atoms with Crippen LogP contribution in [0.2, 0.25) is 0 Å². The van der Waals surface area contributed by atoms with E-state index in [4.69, 9.17) is 9.47 Å². The number of H-pyrrole nitrogens is 1.